The molecule has 1 atom stereocenters. The Bertz CT molecular complexity index is 209. The molecule has 0 aromatic rings. The summed E-state index contributed by atoms with van der Waals surface area (Å²) < 4.78 is 0. The molecule has 1 aliphatic rings. The van der Waals surface area contributed by atoms with Gasteiger partial charge in [-0.2, -0.15) is 0 Å². The molecule has 1 rings (SSSR count). The Balaban J connectivity index is 0.00000196. The van der Waals surface area contributed by atoms with Crippen molar-refractivity contribution in [1.82, 2.24) is 0 Å². The Kier molecular flexibility index (Phi) is 6.54. The van der Waals surface area contributed by atoms with Crippen LogP contribution in [0.3, 0.4) is 0 Å². The van der Waals surface area contributed by atoms with Crippen molar-refractivity contribution in [2.45, 2.75) is 65.3 Å². The van der Waals surface area contributed by atoms with E-state index in [1.54, 1.807) is 5.57 Å². The maximum atomic E-state index is 5.91. The van der Waals surface area contributed by atoms with Gasteiger partial charge in [0.05, 0.1) is 0 Å². The van der Waals surface area contributed by atoms with Gasteiger partial charge in [0.1, 0.15) is 0 Å². The summed E-state index contributed by atoms with van der Waals surface area (Å²) in [5.41, 5.74) is 8.08. The van der Waals surface area contributed by atoms with Crippen LogP contribution in [0.2, 0.25) is 0 Å². The van der Waals surface area contributed by atoms with Gasteiger partial charge in [0.25, 0.3) is 0 Å². The van der Waals surface area contributed by atoms with E-state index in [9.17, 15) is 0 Å². The molecule has 1 nitrogen and oxygen atoms in total. The van der Waals surface area contributed by atoms with Gasteiger partial charge in [-0.05, 0) is 43.9 Å². The van der Waals surface area contributed by atoms with Gasteiger partial charge in [0.2, 0.25) is 0 Å². The largest absolute Gasteiger partial charge is 0.327 e. The number of hydrogen-bond donors (Lipinski definition) is 1. The molecule has 1 unspecified atom stereocenters. The van der Waals surface area contributed by atoms with Crippen LogP contribution < -0.4 is 5.73 Å². The minimum atomic E-state index is 0. The Morgan fingerprint density at radius 1 is 1.47 bits per heavy atom. The maximum Gasteiger partial charge on any atom is 0.00708 e. The predicted molar refractivity (Wildman–Crippen MR) is 70.5 cm³/mol. The lowest BCUT2D eigenvalue weighted by molar-refractivity contribution is 0.288. The van der Waals surface area contributed by atoms with Gasteiger partial charge >= 0.3 is 0 Å². The molecular weight excluding hydrogens is 206 g/mol. The second kappa shape index (κ2) is 6.55. The summed E-state index contributed by atoms with van der Waals surface area (Å²) in [6.45, 7) is 6.91. The number of halogens is 1. The molecule has 90 valence electrons. The maximum absolute atomic E-state index is 5.91. The fourth-order valence-corrected chi connectivity index (χ4v) is 2.24. The molecule has 0 heterocycles. The van der Waals surface area contributed by atoms with E-state index in [0.717, 1.165) is 12.8 Å². The molecule has 1 saturated carbocycles. The summed E-state index contributed by atoms with van der Waals surface area (Å²) in [5, 5.41) is 0. The molecule has 0 aromatic heterocycles. The van der Waals surface area contributed by atoms with E-state index in [2.05, 4.69) is 26.8 Å². The Morgan fingerprint density at radius 3 is 2.67 bits per heavy atom. The van der Waals surface area contributed by atoms with Crippen molar-refractivity contribution in [3.63, 3.8) is 0 Å². The molecule has 0 spiro atoms. The summed E-state index contributed by atoms with van der Waals surface area (Å²) in [5.74, 6) is 0. The van der Waals surface area contributed by atoms with Crippen LogP contribution in [-0.2, 0) is 0 Å². The molecule has 2 N–H and O–H groups in total. The van der Waals surface area contributed by atoms with Crippen molar-refractivity contribution in [2.24, 2.45) is 11.1 Å². The van der Waals surface area contributed by atoms with Crippen LogP contribution >= 0.6 is 12.4 Å². The molecule has 0 aromatic carbocycles. The van der Waals surface area contributed by atoms with Gasteiger partial charge in [0, 0.05) is 6.04 Å². The van der Waals surface area contributed by atoms with E-state index in [1.807, 2.05) is 0 Å². The summed E-state index contributed by atoms with van der Waals surface area (Å²) in [4.78, 5) is 0. The topological polar surface area (TPSA) is 26.0 Å². The third-order valence-corrected chi connectivity index (χ3v) is 3.29. The van der Waals surface area contributed by atoms with Crippen molar-refractivity contribution in [1.29, 1.82) is 0 Å². The minimum absolute atomic E-state index is 0. The van der Waals surface area contributed by atoms with Crippen LogP contribution in [0.1, 0.15) is 59.3 Å². The number of rotatable bonds is 3. The normalized spacial score (nSPS) is 24.7. The molecular formula is C13H26ClN. The van der Waals surface area contributed by atoms with E-state index in [1.165, 1.54) is 25.7 Å². The Morgan fingerprint density at radius 2 is 2.13 bits per heavy atom. The lowest BCUT2D eigenvalue weighted by Crippen LogP contribution is -2.19. The highest BCUT2D eigenvalue weighted by Gasteiger charge is 2.23. The lowest BCUT2D eigenvalue weighted by Gasteiger charge is -2.31. The summed E-state index contributed by atoms with van der Waals surface area (Å²) in [6, 6.07) is 0.368. The average Bonchev–Trinajstić information content (AvgIpc) is 2.12. The zero-order chi connectivity index (χ0) is 10.6. The second-order valence-electron chi connectivity index (χ2n) is 5.46. The van der Waals surface area contributed by atoms with E-state index < -0.39 is 0 Å². The molecule has 0 amide bonds. The number of allylic oxidation sites excluding steroid dienone is 1. The first-order valence-corrected chi connectivity index (χ1v) is 5.97. The van der Waals surface area contributed by atoms with Gasteiger partial charge in [-0.1, -0.05) is 32.4 Å². The highest BCUT2D eigenvalue weighted by molar-refractivity contribution is 5.85. The molecule has 0 aliphatic heterocycles. The van der Waals surface area contributed by atoms with E-state index in [-0.39, 0.29) is 12.4 Å². The van der Waals surface area contributed by atoms with Crippen LogP contribution in [0.4, 0.5) is 0 Å². The van der Waals surface area contributed by atoms with Crippen LogP contribution in [0, 0.1) is 5.41 Å². The van der Waals surface area contributed by atoms with Gasteiger partial charge in [-0.25, -0.2) is 0 Å². The van der Waals surface area contributed by atoms with E-state index in [0.29, 0.717) is 11.5 Å². The number of hydrogen-bond acceptors (Lipinski definition) is 1. The van der Waals surface area contributed by atoms with Gasteiger partial charge in [0.15, 0.2) is 0 Å². The first kappa shape index (κ1) is 15.0. The monoisotopic (exact) mass is 231 g/mol. The molecule has 2 heteroatoms. The first-order valence-electron chi connectivity index (χ1n) is 5.97. The van der Waals surface area contributed by atoms with Crippen LogP contribution in [0.15, 0.2) is 11.6 Å². The van der Waals surface area contributed by atoms with Crippen LogP contribution in [0.25, 0.3) is 0 Å². The molecule has 0 bridgehead atoms. The predicted octanol–water partition coefficient (Wildman–Crippen LogP) is 4.06. The third kappa shape index (κ3) is 5.58. The van der Waals surface area contributed by atoms with E-state index in [4.69, 9.17) is 5.73 Å². The first-order chi connectivity index (χ1) is 6.53. The van der Waals surface area contributed by atoms with E-state index >= 15 is 0 Å². The highest BCUT2D eigenvalue weighted by Crippen LogP contribution is 2.38. The van der Waals surface area contributed by atoms with Crippen molar-refractivity contribution in [3.05, 3.63) is 11.6 Å². The van der Waals surface area contributed by atoms with Gasteiger partial charge in [-0.15, -0.1) is 12.4 Å². The number of nitrogens with two attached hydrogens (primary N) is 1. The smallest absolute Gasteiger partial charge is 0.00708 e. The van der Waals surface area contributed by atoms with Crippen LogP contribution in [0.5, 0.6) is 0 Å². The molecule has 1 aliphatic carbocycles. The third-order valence-electron chi connectivity index (χ3n) is 3.29. The molecule has 1 fully saturated rings. The molecule has 0 radical (unpaired) electrons. The lowest BCUT2D eigenvalue weighted by atomic mass is 9.75. The Hall–Kier alpha value is -0.0100. The highest BCUT2D eigenvalue weighted by atomic mass is 35.5. The minimum Gasteiger partial charge on any atom is -0.327 e. The van der Waals surface area contributed by atoms with Crippen molar-refractivity contribution >= 4 is 12.4 Å². The van der Waals surface area contributed by atoms with Gasteiger partial charge < -0.3 is 5.73 Å². The fraction of sp³-hybridized carbons (Fsp3) is 0.846. The SMILES string of the molecule is CCC(N)C/C=C1\CCCC(C)(C)C1.Cl. The molecule has 0 saturated heterocycles. The summed E-state index contributed by atoms with van der Waals surface area (Å²) >= 11 is 0. The average molecular weight is 232 g/mol. The summed E-state index contributed by atoms with van der Waals surface area (Å²) in [6.07, 6.45) is 9.89. The standard InChI is InChI=1S/C13H25N.ClH/c1-4-12(14)8-7-11-6-5-9-13(2,3)10-11;/h7,12H,4-6,8-10,14H2,1-3H3;1H/b11-7+;. The van der Waals surface area contributed by atoms with Crippen molar-refractivity contribution in [3.8, 4) is 0 Å². The van der Waals surface area contributed by atoms with Gasteiger partial charge in [-0.3, -0.25) is 0 Å². The zero-order valence-corrected chi connectivity index (χ0v) is 11.2. The summed E-state index contributed by atoms with van der Waals surface area (Å²) in [7, 11) is 0. The quantitative estimate of drug-likeness (QED) is 0.729. The van der Waals surface area contributed by atoms with Crippen LogP contribution in [-0.4, -0.2) is 6.04 Å². The zero-order valence-electron chi connectivity index (χ0n) is 10.4. The van der Waals surface area contributed by atoms with Crippen molar-refractivity contribution in [2.75, 3.05) is 0 Å². The van der Waals surface area contributed by atoms with Crippen molar-refractivity contribution < 1.29 is 0 Å². The Labute approximate surface area is 101 Å². The second-order valence-corrected chi connectivity index (χ2v) is 5.46. The molecule has 15 heavy (non-hydrogen) atoms. The fourth-order valence-electron chi connectivity index (χ4n) is 2.24.